The minimum Gasteiger partial charge on any atom is -0.460 e. The monoisotopic (exact) mass is 408 g/mol. The number of ether oxygens (including phenoxy) is 1. The molecule has 6 heteroatoms. The van der Waals surface area contributed by atoms with E-state index in [9.17, 15) is 14.0 Å². The Kier molecular flexibility index (Phi) is 5.18. The Hall–Kier alpha value is -3.02. The molecule has 0 amide bonds. The molecule has 156 valence electrons. The van der Waals surface area contributed by atoms with E-state index in [1.54, 1.807) is 24.3 Å². The molecular weight excluding hydrogens is 383 g/mol. The largest absolute Gasteiger partial charge is 0.460 e. The summed E-state index contributed by atoms with van der Waals surface area (Å²) in [7, 11) is 0. The Balaban J connectivity index is 1.90. The van der Waals surface area contributed by atoms with Crippen LogP contribution in [0.5, 0.6) is 0 Å². The van der Waals surface area contributed by atoms with E-state index in [0.29, 0.717) is 17.0 Å². The minimum atomic E-state index is -0.601. The highest BCUT2D eigenvalue weighted by atomic mass is 19.1. The lowest BCUT2D eigenvalue weighted by Crippen LogP contribution is -2.30. The van der Waals surface area contributed by atoms with E-state index in [0.717, 1.165) is 12.8 Å². The number of hydrogen-bond acceptors (Lipinski definition) is 4. The molecular formula is C24H25FN2O3. The number of fused-ring (bicyclic) bond motifs is 1. The molecule has 4 rings (SSSR count). The Bertz CT molecular complexity index is 1140. The number of aromatic nitrogens is 2. The van der Waals surface area contributed by atoms with Crippen molar-refractivity contribution in [2.75, 3.05) is 0 Å². The zero-order valence-corrected chi connectivity index (χ0v) is 17.4. The van der Waals surface area contributed by atoms with Crippen molar-refractivity contribution in [3.63, 3.8) is 0 Å². The van der Waals surface area contributed by atoms with E-state index < -0.39 is 17.0 Å². The molecule has 5 nitrogen and oxygen atoms in total. The summed E-state index contributed by atoms with van der Waals surface area (Å²) < 4.78 is 21.5. The first-order valence-electron chi connectivity index (χ1n) is 10.2. The second-order valence-electron chi connectivity index (χ2n) is 8.81. The number of carbonyl (C=O) groups excluding carboxylic acids is 1. The van der Waals surface area contributed by atoms with E-state index in [4.69, 9.17) is 9.72 Å². The van der Waals surface area contributed by atoms with Crippen molar-refractivity contribution < 1.29 is 13.9 Å². The summed E-state index contributed by atoms with van der Waals surface area (Å²) in [6.07, 6.45) is 2.04. The molecule has 0 N–H and O–H groups in total. The van der Waals surface area contributed by atoms with Crippen molar-refractivity contribution in [2.45, 2.75) is 51.6 Å². The third-order valence-corrected chi connectivity index (χ3v) is 5.22. The molecule has 0 radical (unpaired) electrons. The van der Waals surface area contributed by atoms with E-state index in [-0.39, 0.29) is 29.6 Å². The number of hydrogen-bond donors (Lipinski definition) is 0. The molecule has 30 heavy (non-hydrogen) atoms. The van der Waals surface area contributed by atoms with Gasteiger partial charge in [-0.05, 0) is 63.8 Å². The number of halogens is 1. The lowest BCUT2D eigenvalue weighted by Gasteiger charge is -2.24. The van der Waals surface area contributed by atoms with Crippen molar-refractivity contribution in [1.82, 2.24) is 9.55 Å². The summed E-state index contributed by atoms with van der Waals surface area (Å²) in [5, 5.41) is -0.0445. The maximum absolute atomic E-state index is 14.5. The Morgan fingerprint density at radius 3 is 2.50 bits per heavy atom. The highest BCUT2D eigenvalue weighted by Crippen LogP contribution is 2.44. The predicted octanol–water partition coefficient (Wildman–Crippen LogP) is 4.75. The van der Waals surface area contributed by atoms with Crippen molar-refractivity contribution in [3.05, 3.63) is 70.5 Å². The smallest absolute Gasteiger partial charge is 0.307 e. The maximum Gasteiger partial charge on any atom is 0.307 e. The Labute approximate surface area is 174 Å². The first-order valence-corrected chi connectivity index (χ1v) is 10.2. The highest BCUT2D eigenvalue weighted by Gasteiger charge is 2.38. The zero-order valence-electron chi connectivity index (χ0n) is 17.4. The normalized spacial score (nSPS) is 15.2. The Morgan fingerprint density at radius 1 is 1.17 bits per heavy atom. The first-order chi connectivity index (χ1) is 14.2. The van der Waals surface area contributed by atoms with Crippen molar-refractivity contribution >= 4 is 16.9 Å². The summed E-state index contributed by atoms with van der Waals surface area (Å²) in [6, 6.07) is 13.5. The third kappa shape index (κ3) is 4.13. The molecule has 1 aliphatic rings. The quantitative estimate of drug-likeness (QED) is 0.572. The summed E-state index contributed by atoms with van der Waals surface area (Å²) in [6.45, 7) is 5.48. The molecule has 1 aromatic heterocycles. The van der Waals surface area contributed by atoms with Crippen LogP contribution in [0.2, 0.25) is 0 Å². The van der Waals surface area contributed by atoms with Crippen LogP contribution in [-0.2, 0) is 9.53 Å². The van der Waals surface area contributed by atoms with Crippen LogP contribution in [0, 0.1) is 11.7 Å². The third-order valence-electron chi connectivity index (χ3n) is 5.22. The van der Waals surface area contributed by atoms with Gasteiger partial charge >= 0.3 is 5.97 Å². The first kappa shape index (κ1) is 20.3. The molecule has 0 spiro atoms. The molecule has 1 fully saturated rings. The van der Waals surface area contributed by atoms with Crippen LogP contribution in [-0.4, -0.2) is 21.1 Å². The van der Waals surface area contributed by atoms with Crippen LogP contribution >= 0.6 is 0 Å². The predicted molar refractivity (Wildman–Crippen MR) is 113 cm³/mol. The van der Waals surface area contributed by atoms with Gasteiger partial charge in [0.05, 0.1) is 17.6 Å². The molecule has 0 unspecified atom stereocenters. The van der Waals surface area contributed by atoms with Gasteiger partial charge in [0.25, 0.3) is 5.56 Å². The van der Waals surface area contributed by atoms with Crippen LogP contribution in [0.4, 0.5) is 4.39 Å². The van der Waals surface area contributed by atoms with Crippen molar-refractivity contribution in [1.29, 1.82) is 0 Å². The molecule has 1 heterocycles. The van der Waals surface area contributed by atoms with Gasteiger partial charge in [0.1, 0.15) is 22.6 Å². The zero-order chi connectivity index (χ0) is 21.5. The number of esters is 1. The van der Waals surface area contributed by atoms with Gasteiger partial charge in [-0.1, -0.05) is 24.3 Å². The second-order valence-corrected chi connectivity index (χ2v) is 8.81. The SMILES string of the molecule is CC(C)(C)OC(=O)C[C@H](c1nc2cccc(F)c2c(=O)n1-c1ccccc1)C1CC1. The van der Waals surface area contributed by atoms with E-state index in [1.807, 2.05) is 39.0 Å². The fraction of sp³-hybridized carbons (Fsp3) is 0.375. The van der Waals surface area contributed by atoms with Gasteiger partial charge in [0, 0.05) is 5.92 Å². The topological polar surface area (TPSA) is 61.2 Å². The summed E-state index contributed by atoms with van der Waals surface area (Å²) in [5.74, 6) is -0.479. The summed E-state index contributed by atoms with van der Waals surface area (Å²) in [5.41, 5.74) is -0.152. The lowest BCUT2D eigenvalue weighted by atomic mass is 9.97. The number of nitrogens with zero attached hydrogens (tertiary/aromatic N) is 2. The van der Waals surface area contributed by atoms with E-state index in [1.165, 1.54) is 10.6 Å². The van der Waals surface area contributed by atoms with Crippen molar-refractivity contribution in [3.8, 4) is 5.69 Å². The standard InChI is InChI=1S/C24H25FN2O3/c1-24(2,3)30-20(28)14-17(15-12-13-15)22-26-19-11-7-10-18(25)21(19)23(29)27(22)16-8-5-4-6-9-16/h4-11,15,17H,12-14H2,1-3H3/t17-/m0/s1. The molecule has 3 aromatic rings. The van der Waals surface area contributed by atoms with Gasteiger partial charge in [-0.25, -0.2) is 9.37 Å². The number of rotatable bonds is 5. The minimum absolute atomic E-state index is 0.0445. The van der Waals surface area contributed by atoms with Crippen LogP contribution in [0.25, 0.3) is 16.6 Å². The van der Waals surface area contributed by atoms with Gasteiger partial charge in [-0.3, -0.25) is 14.2 Å². The molecule has 1 saturated carbocycles. The Morgan fingerprint density at radius 2 is 1.87 bits per heavy atom. The summed E-state index contributed by atoms with van der Waals surface area (Å²) >= 11 is 0. The lowest BCUT2D eigenvalue weighted by molar-refractivity contribution is -0.155. The number of carbonyl (C=O) groups is 1. The summed E-state index contributed by atoms with van der Waals surface area (Å²) in [4.78, 5) is 30.7. The fourth-order valence-electron chi connectivity index (χ4n) is 3.81. The van der Waals surface area contributed by atoms with Crippen LogP contribution in [0.3, 0.4) is 0 Å². The van der Waals surface area contributed by atoms with Gasteiger partial charge < -0.3 is 4.74 Å². The van der Waals surface area contributed by atoms with Crippen LogP contribution in [0.1, 0.15) is 51.8 Å². The second kappa shape index (κ2) is 7.67. The van der Waals surface area contributed by atoms with Crippen molar-refractivity contribution in [2.24, 2.45) is 5.92 Å². The highest BCUT2D eigenvalue weighted by molar-refractivity contribution is 5.79. The molecule has 1 aliphatic carbocycles. The molecule has 0 bridgehead atoms. The van der Waals surface area contributed by atoms with Crippen LogP contribution < -0.4 is 5.56 Å². The number of benzene rings is 2. The maximum atomic E-state index is 14.5. The average Bonchev–Trinajstić information content (AvgIpc) is 3.50. The fourth-order valence-corrected chi connectivity index (χ4v) is 3.81. The van der Waals surface area contributed by atoms with Gasteiger partial charge in [-0.2, -0.15) is 0 Å². The molecule has 1 atom stereocenters. The molecule has 0 saturated heterocycles. The average molecular weight is 408 g/mol. The van der Waals surface area contributed by atoms with Gasteiger partial charge in [0.15, 0.2) is 0 Å². The van der Waals surface area contributed by atoms with E-state index in [2.05, 4.69) is 0 Å². The van der Waals surface area contributed by atoms with Gasteiger partial charge in [-0.15, -0.1) is 0 Å². The molecule has 0 aliphatic heterocycles. The van der Waals surface area contributed by atoms with Gasteiger partial charge in [0.2, 0.25) is 0 Å². The number of para-hydroxylation sites is 1. The molecule has 2 aromatic carbocycles. The van der Waals surface area contributed by atoms with E-state index >= 15 is 0 Å². The van der Waals surface area contributed by atoms with Crippen LogP contribution in [0.15, 0.2) is 53.3 Å².